The SMILES string of the molecule is C[C@H](OC(=O)c1ccccc1)[C@@]12NC(=O)C[C@@H]1CCOC2=O. The van der Waals surface area contributed by atoms with E-state index in [1.165, 1.54) is 0 Å². The Labute approximate surface area is 127 Å². The second kappa shape index (κ2) is 5.44. The lowest BCUT2D eigenvalue weighted by atomic mass is 9.78. The molecule has 0 saturated carbocycles. The third kappa shape index (κ3) is 2.24. The number of hydrogen-bond acceptors (Lipinski definition) is 5. The normalized spacial score (nSPS) is 28.3. The number of nitrogens with one attached hydrogen (secondary N) is 1. The Morgan fingerprint density at radius 1 is 1.36 bits per heavy atom. The fraction of sp³-hybridized carbons (Fsp3) is 0.438. The van der Waals surface area contributed by atoms with Crippen LogP contribution < -0.4 is 5.32 Å². The molecule has 0 unspecified atom stereocenters. The van der Waals surface area contributed by atoms with Gasteiger partial charge in [-0.2, -0.15) is 0 Å². The third-order valence-electron chi connectivity index (χ3n) is 4.39. The standard InChI is InChI=1S/C16H17NO5/c1-10(22-14(19)11-5-3-2-4-6-11)16-12(9-13(18)17-16)7-8-21-15(16)20/h2-6,10,12H,7-9H2,1H3,(H,17,18)/t10-,12-,16+/m0/s1. The summed E-state index contributed by atoms with van der Waals surface area (Å²) in [7, 11) is 0. The van der Waals surface area contributed by atoms with Gasteiger partial charge in [0.25, 0.3) is 0 Å². The first kappa shape index (κ1) is 14.6. The predicted octanol–water partition coefficient (Wildman–Crippen LogP) is 1.05. The highest BCUT2D eigenvalue weighted by Gasteiger charge is 2.60. The molecule has 6 nitrogen and oxygen atoms in total. The molecule has 116 valence electrons. The van der Waals surface area contributed by atoms with E-state index < -0.39 is 23.6 Å². The Hall–Kier alpha value is -2.37. The summed E-state index contributed by atoms with van der Waals surface area (Å²) in [6.07, 6.45) is 0.0319. The smallest absolute Gasteiger partial charge is 0.338 e. The minimum Gasteiger partial charge on any atom is -0.464 e. The van der Waals surface area contributed by atoms with Crippen molar-refractivity contribution in [2.24, 2.45) is 5.92 Å². The number of carbonyl (C=O) groups is 3. The van der Waals surface area contributed by atoms with Crippen molar-refractivity contribution in [1.82, 2.24) is 5.32 Å². The summed E-state index contributed by atoms with van der Waals surface area (Å²) in [5, 5.41) is 2.68. The van der Waals surface area contributed by atoms with Crippen LogP contribution in [0.3, 0.4) is 0 Å². The zero-order valence-corrected chi connectivity index (χ0v) is 12.2. The molecule has 1 amide bonds. The maximum Gasteiger partial charge on any atom is 0.338 e. The quantitative estimate of drug-likeness (QED) is 0.844. The van der Waals surface area contributed by atoms with Crippen LogP contribution in [0.15, 0.2) is 30.3 Å². The lowest BCUT2D eigenvalue weighted by Gasteiger charge is -2.39. The minimum absolute atomic E-state index is 0.208. The van der Waals surface area contributed by atoms with Crippen LogP contribution >= 0.6 is 0 Å². The first-order valence-corrected chi connectivity index (χ1v) is 7.28. The Balaban J connectivity index is 1.83. The molecule has 1 aromatic rings. The van der Waals surface area contributed by atoms with Crippen molar-refractivity contribution in [2.45, 2.75) is 31.4 Å². The zero-order valence-electron chi connectivity index (χ0n) is 12.2. The Morgan fingerprint density at radius 3 is 2.82 bits per heavy atom. The van der Waals surface area contributed by atoms with Crippen molar-refractivity contribution in [3.63, 3.8) is 0 Å². The second-order valence-corrected chi connectivity index (χ2v) is 5.66. The molecule has 0 radical (unpaired) electrons. The molecule has 0 spiro atoms. The van der Waals surface area contributed by atoms with Gasteiger partial charge in [-0.3, -0.25) is 4.79 Å². The van der Waals surface area contributed by atoms with Crippen molar-refractivity contribution in [3.8, 4) is 0 Å². The van der Waals surface area contributed by atoms with Gasteiger partial charge in [0.1, 0.15) is 6.10 Å². The van der Waals surface area contributed by atoms with Crippen LogP contribution in [0.25, 0.3) is 0 Å². The van der Waals surface area contributed by atoms with Crippen molar-refractivity contribution in [3.05, 3.63) is 35.9 Å². The first-order chi connectivity index (χ1) is 10.5. The van der Waals surface area contributed by atoms with E-state index in [0.29, 0.717) is 18.6 Å². The van der Waals surface area contributed by atoms with Crippen molar-refractivity contribution in [1.29, 1.82) is 0 Å². The lowest BCUT2D eigenvalue weighted by molar-refractivity contribution is -0.166. The van der Waals surface area contributed by atoms with Gasteiger partial charge in [0.15, 0.2) is 5.54 Å². The molecule has 0 aromatic heterocycles. The molecule has 0 aliphatic carbocycles. The molecule has 2 saturated heterocycles. The Morgan fingerprint density at radius 2 is 2.09 bits per heavy atom. The summed E-state index contributed by atoms with van der Waals surface area (Å²) in [4.78, 5) is 36.2. The van der Waals surface area contributed by atoms with Gasteiger partial charge in [-0.25, -0.2) is 9.59 Å². The Kier molecular flexibility index (Phi) is 3.60. The van der Waals surface area contributed by atoms with Crippen LogP contribution in [-0.4, -0.2) is 36.1 Å². The van der Waals surface area contributed by atoms with Gasteiger partial charge in [-0.1, -0.05) is 18.2 Å². The molecule has 2 aliphatic rings. The van der Waals surface area contributed by atoms with E-state index >= 15 is 0 Å². The van der Waals surface area contributed by atoms with Crippen LogP contribution in [-0.2, 0) is 19.1 Å². The highest BCUT2D eigenvalue weighted by Crippen LogP contribution is 2.38. The fourth-order valence-electron chi connectivity index (χ4n) is 3.22. The first-order valence-electron chi connectivity index (χ1n) is 7.28. The summed E-state index contributed by atoms with van der Waals surface area (Å²) in [5.41, 5.74) is -0.865. The van der Waals surface area contributed by atoms with E-state index in [4.69, 9.17) is 9.47 Å². The van der Waals surface area contributed by atoms with Gasteiger partial charge in [-0.05, 0) is 25.5 Å². The number of cyclic esters (lactones) is 1. The van der Waals surface area contributed by atoms with Crippen molar-refractivity contribution < 1.29 is 23.9 Å². The molecule has 3 atom stereocenters. The molecule has 22 heavy (non-hydrogen) atoms. The number of amides is 1. The summed E-state index contributed by atoms with van der Waals surface area (Å²) in [5.74, 6) is -1.48. The molecule has 2 aliphatic heterocycles. The van der Waals surface area contributed by atoms with Crippen LogP contribution in [0.2, 0.25) is 0 Å². The van der Waals surface area contributed by atoms with Crippen LogP contribution in [0, 0.1) is 5.92 Å². The van der Waals surface area contributed by atoms with Crippen molar-refractivity contribution in [2.75, 3.05) is 6.61 Å². The topological polar surface area (TPSA) is 81.7 Å². The second-order valence-electron chi connectivity index (χ2n) is 5.66. The zero-order chi connectivity index (χ0) is 15.7. The molecule has 1 N–H and O–H groups in total. The Bertz CT molecular complexity index is 614. The highest BCUT2D eigenvalue weighted by molar-refractivity contribution is 5.95. The summed E-state index contributed by atoms with van der Waals surface area (Å²) in [6.45, 7) is 1.91. The number of rotatable bonds is 3. The van der Waals surface area contributed by atoms with Gasteiger partial charge in [0.2, 0.25) is 5.91 Å². The van der Waals surface area contributed by atoms with Gasteiger partial charge >= 0.3 is 11.9 Å². The van der Waals surface area contributed by atoms with Gasteiger partial charge < -0.3 is 14.8 Å². The number of ether oxygens (including phenoxy) is 2. The lowest BCUT2D eigenvalue weighted by Crippen LogP contribution is -2.64. The molecule has 2 fully saturated rings. The molecule has 3 rings (SSSR count). The van der Waals surface area contributed by atoms with E-state index in [2.05, 4.69) is 5.32 Å². The van der Waals surface area contributed by atoms with Crippen molar-refractivity contribution >= 4 is 17.8 Å². The molecule has 2 heterocycles. The summed E-state index contributed by atoms with van der Waals surface area (Å²) in [6, 6.07) is 8.53. The van der Waals surface area contributed by atoms with E-state index in [1.54, 1.807) is 37.3 Å². The largest absolute Gasteiger partial charge is 0.464 e. The van der Waals surface area contributed by atoms with Crippen LogP contribution in [0.5, 0.6) is 0 Å². The molecule has 0 bridgehead atoms. The minimum atomic E-state index is -1.26. The van der Waals surface area contributed by atoms with E-state index in [0.717, 1.165) is 0 Å². The van der Waals surface area contributed by atoms with Crippen LogP contribution in [0.4, 0.5) is 0 Å². The monoisotopic (exact) mass is 303 g/mol. The van der Waals surface area contributed by atoms with E-state index in [-0.39, 0.29) is 18.2 Å². The van der Waals surface area contributed by atoms with Gasteiger partial charge in [0.05, 0.1) is 12.2 Å². The fourth-order valence-corrected chi connectivity index (χ4v) is 3.22. The van der Waals surface area contributed by atoms with E-state index in [9.17, 15) is 14.4 Å². The van der Waals surface area contributed by atoms with E-state index in [1.807, 2.05) is 0 Å². The number of carbonyl (C=O) groups excluding carboxylic acids is 3. The highest BCUT2D eigenvalue weighted by atomic mass is 16.6. The summed E-state index contributed by atoms with van der Waals surface area (Å²) >= 11 is 0. The molecular weight excluding hydrogens is 286 g/mol. The average molecular weight is 303 g/mol. The van der Waals surface area contributed by atoms with Gasteiger partial charge in [0, 0.05) is 12.3 Å². The number of esters is 2. The van der Waals surface area contributed by atoms with Crippen LogP contribution in [0.1, 0.15) is 30.1 Å². The molecular formula is C16H17NO5. The maximum absolute atomic E-state index is 12.3. The summed E-state index contributed by atoms with van der Waals surface area (Å²) < 4.78 is 10.6. The molecule has 6 heteroatoms. The number of fused-ring (bicyclic) bond motifs is 1. The maximum atomic E-state index is 12.3. The molecule has 1 aromatic carbocycles. The average Bonchev–Trinajstić information content (AvgIpc) is 2.87. The number of hydrogen-bond donors (Lipinski definition) is 1. The predicted molar refractivity (Wildman–Crippen MR) is 75.9 cm³/mol. The van der Waals surface area contributed by atoms with Gasteiger partial charge in [-0.15, -0.1) is 0 Å². The number of benzene rings is 1. The third-order valence-corrected chi connectivity index (χ3v) is 4.39.